The van der Waals surface area contributed by atoms with Gasteiger partial charge in [-0.2, -0.15) is 0 Å². The fourth-order valence-electron chi connectivity index (χ4n) is 4.63. The Morgan fingerprint density at radius 1 is 1.12 bits per heavy atom. The van der Waals surface area contributed by atoms with Crippen LogP contribution in [0.1, 0.15) is 37.4 Å². The van der Waals surface area contributed by atoms with Crippen LogP contribution in [0.3, 0.4) is 0 Å². The van der Waals surface area contributed by atoms with Gasteiger partial charge in [0.15, 0.2) is 0 Å². The summed E-state index contributed by atoms with van der Waals surface area (Å²) < 4.78 is 7.59. The van der Waals surface area contributed by atoms with Crippen molar-refractivity contribution in [1.29, 1.82) is 0 Å². The summed E-state index contributed by atoms with van der Waals surface area (Å²) in [6.07, 6.45) is 7.12. The molecule has 0 unspecified atom stereocenters. The molecule has 1 N–H and O–H groups in total. The highest BCUT2D eigenvalue weighted by Gasteiger charge is 2.26. The van der Waals surface area contributed by atoms with Crippen LogP contribution in [0.4, 0.5) is 11.6 Å². The molecule has 5 rings (SSSR count). The van der Waals surface area contributed by atoms with E-state index >= 15 is 0 Å². The SMILES string of the molecule is Cn1c(N2CCO[C@@H](c3ccc(NC(=O)C4CCCC4)cc3)C2)nc(-c2ccncn2)cc1=O. The van der Waals surface area contributed by atoms with E-state index in [-0.39, 0.29) is 23.5 Å². The molecule has 1 atom stereocenters. The minimum atomic E-state index is -0.173. The Kier molecular flexibility index (Phi) is 6.35. The molecule has 3 heterocycles. The standard InChI is InChI=1S/C25H28N6O3/c1-30-23(32)14-21(20-10-11-26-16-27-20)29-25(30)31-12-13-34-22(15-31)17-6-8-19(9-7-17)28-24(33)18-4-2-3-5-18/h6-11,14,16,18,22H,2-5,12-13,15H2,1H3,(H,28,33)/t22-/m1/s1. The van der Waals surface area contributed by atoms with E-state index in [0.717, 1.165) is 36.9 Å². The van der Waals surface area contributed by atoms with Gasteiger partial charge in [0.1, 0.15) is 12.4 Å². The van der Waals surface area contributed by atoms with Gasteiger partial charge in [0, 0.05) is 37.5 Å². The van der Waals surface area contributed by atoms with E-state index in [1.54, 1.807) is 23.9 Å². The number of nitrogens with zero attached hydrogens (tertiary/aromatic N) is 5. The average Bonchev–Trinajstić information content (AvgIpc) is 3.42. The Balaban J connectivity index is 1.32. The molecule has 1 aliphatic heterocycles. The predicted octanol–water partition coefficient (Wildman–Crippen LogP) is 2.94. The molecular weight excluding hydrogens is 432 g/mol. The monoisotopic (exact) mass is 460 g/mol. The van der Waals surface area contributed by atoms with Crippen LogP contribution in [0.15, 0.2) is 53.7 Å². The summed E-state index contributed by atoms with van der Waals surface area (Å²) in [5, 5.41) is 3.04. The van der Waals surface area contributed by atoms with Gasteiger partial charge in [0.25, 0.3) is 5.56 Å². The zero-order valence-corrected chi connectivity index (χ0v) is 19.2. The maximum atomic E-state index is 12.6. The maximum Gasteiger partial charge on any atom is 0.255 e. The van der Waals surface area contributed by atoms with Crippen LogP contribution in [-0.4, -0.2) is 45.1 Å². The molecular formula is C25H28N6O3. The lowest BCUT2D eigenvalue weighted by atomic mass is 10.1. The molecule has 1 saturated heterocycles. The molecule has 1 aromatic carbocycles. The summed E-state index contributed by atoms with van der Waals surface area (Å²) in [6, 6.07) is 11.1. The maximum absolute atomic E-state index is 12.6. The lowest BCUT2D eigenvalue weighted by Gasteiger charge is -2.34. The number of amides is 1. The normalized spacial score (nSPS) is 18.7. The van der Waals surface area contributed by atoms with Crippen LogP contribution in [0, 0.1) is 5.92 Å². The van der Waals surface area contributed by atoms with Crippen molar-refractivity contribution in [1.82, 2.24) is 19.5 Å². The number of aromatic nitrogens is 4. The van der Waals surface area contributed by atoms with E-state index < -0.39 is 0 Å². The molecule has 1 amide bonds. The topological polar surface area (TPSA) is 102 Å². The van der Waals surface area contributed by atoms with Gasteiger partial charge >= 0.3 is 0 Å². The molecule has 3 aromatic rings. The van der Waals surface area contributed by atoms with Crippen molar-refractivity contribution < 1.29 is 9.53 Å². The van der Waals surface area contributed by atoms with E-state index in [1.807, 2.05) is 24.3 Å². The number of hydrogen-bond acceptors (Lipinski definition) is 7. The first kappa shape index (κ1) is 22.2. The fraction of sp³-hybridized carbons (Fsp3) is 0.400. The Morgan fingerprint density at radius 2 is 1.91 bits per heavy atom. The molecule has 2 fully saturated rings. The van der Waals surface area contributed by atoms with E-state index in [1.165, 1.54) is 12.4 Å². The van der Waals surface area contributed by atoms with Crippen LogP contribution >= 0.6 is 0 Å². The van der Waals surface area contributed by atoms with Gasteiger partial charge in [-0.05, 0) is 36.6 Å². The number of carbonyl (C=O) groups is 1. The molecule has 0 spiro atoms. The summed E-state index contributed by atoms with van der Waals surface area (Å²) in [5.74, 6) is 0.822. The van der Waals surface area contributed by atoms with Crippen LogP contribution in [0.5, 0.6) is 0 Å². The quantitative estimate of drug-likeness (QED) is 0.624. The van der Waals surface area contributed by atoms with Crippen molar-refractivity contribution in [2.75, 3.05) is 29.9 Å². The zero-order chi connectivity index (χ0) is 23.5. The predicted molar refractivity (Wildman–Crippen MR) is 128 cm³/mol. The first-order chi connectivity index (χ1) is 16.6. The van der Waals surface area contributed by atoms with E-state index in [4.69, 9.17) is 9.72 Å². The third-order valence-corrected chi connectivity index (χ3v) is 6.58. The van der Waals surface area contributed by atoms with Crippen molar-refractivity contribution in [3.63, 3.8) is 0 Å². The van der Waals surface area contributed by atoms with Crippen LogP contribution in [0.2, 0.25) is 0 Å². The van der Waals surface area contributed by atoms with Crippen molar-refractivity contribution >= 4 is 17.5 Å². The molecule has 1 saturated carbocycles. The summed E-state index contributed by atoms with van der Waals surface area (Å²) >= 11 is 0. The lowest BCUT2D eigenvalue weighted by molar-refractivity contribution is -0.119. The smallest absolute Gasteiger partial charge is 0.255 e. The number of morpholine rings is 1. The van der Waals surface area contributed by atoms with Gasteiger partial charge in [-0.1, -0.05) is 25.0 Å². The summed E-state index contributed by atoms with van der Waals surface area (Å²) in [4.78, 5) is 40.0. The lowest BCUT2D eigenvalue weighted by Crippen LogP contribution is -2.41. The molecule has 9 heteroatoms. The summed E-state index contributed by atoms with van der Waals surface area (Å²) in [5.41, 5.74) is 2.79. The van der Waals surface area contributed by atoms with Crippen LogP contribution in [0.25, 0.3) is 11.4 Å². The first-order valence-electron chi connectivity index (χ1n) is 11.7. The molecule has 2 aromatic heterocycles. The van der Waals surface area contributed by atoms with Gasteiger partial charge in [0.2, 0.25) is 11.9 Å². The van der Waals surface area contributed by atoms with E-state index in [9.17, 15) is 9.59 Å². The first-order valence-corrected chi connectivity index (χ1v) is 11.7. The molecule has 2 aliphatic rings. The number of nitrogens with one attached hydrogen (secondary N) is 1. The van der Waals surface area contributed by atoms with Crippen molar-refractivity contribution in [2.45, 2.75) is 31.8 Å². The average molecular weight is 461 g/mol. The van der Waals surface area contributed by atoms with E-state index in [2.05, 4.69) is 20.2 Å². The second-order valence-corrected chi connectivity index (χ2v) is 8.83. The second-order valence-electron chi connectivity index (χ2n) is 8.83. The van der Waals surface area contributed by atoms with Gasteiger partial charge < -0.3 is 15.0 Å². The fourth-order valence-corrected chi connectivity index (χ4v) is 4.63. The summed E-state index contributed by atoms with van der Waals surface area (Å²) in [6.45, 7) is 1.69. The minimum Gasteiger partial charge on any atom is -0.370 e. The summed E-state index contributed by atoms with van der Waals surface area (Å²) in [7, 11) is 1.72. The minimum absolute atomic E-state index is 0.112. The third kappa shape index (κ3) is 4.70. The van der Waals surface area contributed by atoms with Crippen LogP contribution in [-0.2, 0) is 16.6 Å². The van der Waals surface area contributed by atoms with Gasteiger partial charge in [0.05, 0.1) is 24.5 Å². The Bertz CT molecular complexity index is 1210. The largest absolute Gasteiger partial charge is 0.370 e. The molecule has 176 valence electrons. The number of hydrogen-bond donors (Lipinski definition) is 1. The van der Waals surface area contributed by atoms with E-state index in [0.29, 0.717) is 37.0 Å². The van der Waals surface area contributed by atoms with Crippen LogP contribution < -0.4 is 15.8 Å². The second kappa shape index (κ2) is 9.72. The highest BCUT2D eigenvalue weighted by atomic mass is 16.5. The van der Waals surface area contributed by atoms with Gasteiger partial charge in [-0.15, -0.1) is 0 Å². The zero-order valence-electron chi connectivity index (χ0n) is 19.2. The number of carbonyl (C=O) groups excluding carboxylic acids is 1. The molecule has 34 heavy (non-hydrogen) atoms. The molecule has 9 nitrogen and oxygen atoms in total. The molecule has 0 radical (unpaired) electrons. The highest BCUT2D eigenvalue weighted by molar-refractivity contribution is 5.92. The van der Waals surface area contributed by atoms with Crippen molar-refractivity contribution in [3.05, 3.63) is 64.8 Å². The van der Waals surface area contributed by atoms with Gasteiger partial charge in [-0.25, -0.2) is 15.0 Å². The number of ether oxygens (including phenoxy) is 1. The van der Waals surface area contributed by atoms with Gasteiger partial charge in [-0.3, -0.25) is 14.2 Å². The third-order valence-electron chi connectivity index (χ3n) is 6.58. The molecule has 0 bridgehead atoms. The number of rotatable bonds is 5. The number of anilines is 2. The number of benzene rings is 1. The highest BCUT2D eigenvalue weighted by Crippen LogP contribution is 2.28. The molecule has 1 aliphatic carbocycles. The Labute approximate surface area is 197 Å². The Morgan fingerprint density at radius 3 is 2.65 bits per heavy atom. The van der Waals surface area contributed by atoms with Crippen molar-refractivity contribution in [3.8, 4) is 11.4 Å². The Hall–Kier alpha value is -3.59. The van der Waals surface area contributed by atoms with Crippen molar-refractivity contribution in [2.24, 2.45) is 13.0 Å².